The van der Waals surface area contributed by atoms with Crippen LogP contribution in [0.3, 0.4) is 0 Å². The molecular weight excluding hydrogens is 341 g/mol. The van der Waals surface area contributed by atoms with Crippen molar-refractivity contribution in [2.45, 2.75) is 24.1 Å². The molecule has 2 aromatic rings. The zero-order chi connectivity index (χ0) is 16.8. The van der Waals surface area contributed by atoms with E-state index in [1.165, 1.54) is 6.07 Å². The predicted molar refractivity (Wildman–Crippen MR) is 86.5 cm³/mol. The maximum Gasteiger partial charge on any atom is 0.364 e. The standard InChI is InChI=1S/C16H13Cl2NO4/c1-9-2-4-10(5-3-9)15-16(18,19(21)22)14(20)12-8-11(17)6-7-13(12)23-15/h2-8,14-15,20H,1H3/t14-,15-,16+/m0/s1. The first-order valence-corrected chi connectivity index (χ1v) is 7.63. The molecule has 7 heteroatoms. The highest BCUT2D eigenvalue weighted by Crippen LogP contribution is 2.51. The maximum absolute atomic E-state index is 11.6. The second kappa shape index (κ2) is 5.67. The number of hydrogen-bond acceptors (Lipinski definition) is 4. The molecule has 0 unspecified atom stereocenters. The van der Waals surface area contributed by atoms with E-state index in [2.05, 4.69) is 0 Å². The van der Waals surface area contributed by atoms with Crippen LogP contribution in [0.15, 0.2) is 42.5 Å². The van der Waals surface area contributed by atoms with Crippen molar-refractivity contribution in [3.63, 3.8) is 0 Å². The number of aryl methyl sites for hydroxylation is 1. The zero-order valence-electron chi connectivity index (χ0n) is 12.1. The van der Waals surface area contributed by atoms with Crippen molar-refractivity contribution in [1.29, 1.82) is 0 Å². The van der Waals surface area contributed by atoms with E-state index < -0.39 is 22.1 Å². The molecule has 3 rings (SSSR count). The number of ether oxygens (including phenoxy) is 1. The number of halogens is 2. The monoisotopic (exact) mass is 353 g/mol. The van der Waals surface area contributed by atoms with Gasteiger partial charge in [0, 0.05) is 16.1 Å². The molecule has 0 bridgehead atoms. The van der Waals surface area contributed by atoms with E-state index >= 15 is 0 Å². The third kappa shape index (κ3) is 2.55. The lowest BCUT2D eigenvalue weighted by Gasteiger charge is -2.37. The fraction of sp³-hybridized carbons (Fsp3) is 0.250. The summed E-state index contributed by atoms with van der Waals surface area (Å²) in [5.74, 6) is 0.325. The van der Waals surface area contributed by atoms with Gasteiger partial charge in [0.15, 0.2) is 6.10 Å². The first-order valence-electron chi connectivity index (χ1n) is 6.88. The molecule has 0 saturated carbocycles. The van der Waals surface area contributed by atoms with Crippen LogP contribution in [0.5, 0.6) is 5.75 Å². The average Bonchev–Trinajstić information content (AvgIpc) is 2.52. The van der Waals surface area contributed by atoms with Gasteiger partial charge >= 0.3 is 5.00 Å². The Balaban J connectivity index is 2.16. The van der Waals surface area contributed by atoms with Gasteiger partial charge in [0.25, 0.3) is 0 Å². The van der Waals surface area contributed by atoms with E-state index in [9.17, 15) is 15.2 Å². The van der Waals surface area contributed by atoms with Crippen LogP contribution < -0.4 is 4.74 Å². The molecule has 0 saturated heterocycles. The number of hydrogen-bond donors (Lipinski definition) is 1. The van der Waals surface area contributed by atoms with Gasteiger partial charge in [-0.15, -0.1) is 0 Å². The average molecular weight is 354 g/mol. The SMILES string of the molecule is Cc1ccc([C@@H]2Oc3ccc(Cl)cc3[C@H](O)[C@@]2(Cl)[N+](=O)[O-])cc1. The van der Waals surface area contributed by atoms with Gasteiger partial charge in [-0.05, 0) is 36.7 Å². The Morgan fingerprint density at radius 1 is 1.26 bits per heavy atom. The van der Waals surface area contributed by atoms with Crippen LogP contribution in [0.2, 0.25) is 5.02 Å². The zero-order valence-corrected chi connectivity index (χ0v) is 13.6. The second-order valence-corrected chi connectivity index (χ2v) is 6.52. The molecule has 1 N–H and O–H groups in total. The van der Waals surface area contributed by atoms with Gasteiger partial charge in [-0.3, -0.25) is 10.1 Å². The number of aliphatic hydroxyl groups excluding tert-OH is 1. The van der Waals surface area contributed by atoms with E-state index in [1.54, 1.807) is 36.4 Å². The number of nitro groups is 1. The lowest BCUT2D eigenvalue weighted by molar-refractivity contribution is -0.570. The Morgan fingerprint density at radius 3 is 2.52 bits per heavy atom. The second-order valence-electron chi connectivity index (χ2n) is 5.48. The van der Waals surface area contributed by atoms with Crippen molar-refractivity contribution < 1.29 is 14.8 Å². The van der Waals surface area contributed by atoms with Gasteiger partial charge in [0.1, 0.15) is 5.75 Å². The predicted octanol–water partition coefficient (Wildman–Crippen LogP) is 4.03. The van der Waals surface area contributed by atoms with Crippen LogP contribution in [0.1, 0.15) is 28.9 Å². The highest BCUT2D eigenvalue weighted by Gasteiger charge is 2.61. The van der Waals surface area contributed by atoms with Crippen molar-refractivity contribution in [2.75, 3.05) is 0 Å². The lowest BCUT2D eigenvalue weighted by Crippen LogP contribution is -2.49. The third-order valence-electron chi connectivity index (χ3n) is 3.92. The molecule has 0 radical (unpaired) electrons. The fourth-order valence-corrected chi connectivity index (χ4v) is 3.12. The van der Waals surface area contributed by atoms with Crippen molar-refractivity contribution in [3.8, 4) is 5.75 Å². The van der Waals surface area contributed by atoms with Crippen LogP contribution in [-0.2, 0) is 0 Å². The van der Waals surface area contributed by atoms with Gasteiger partial charge in [-0.1, -0.05) is 41.4 Å². The third-order valence-corrected chi connectivity index (χ3v) is 4.70. The summed E-state index contributed by atoms with van der Waals surface area (Å²) in [6, 6.07) is 11.6. The molecule has 1 aliphatic rings. The number of alkyl halides is 1. The van der Waals surface area contributed by atoms with Crippen LogP contribution in [-0.4, -0.2) is 15.0 Å². The van der Waals surface area contributed by atoms with E-state index in [0.29, 0.717) is 16.3 Å². The smallest absolute Gasteiger partial charge is 0.364 e. The minimum absolute atomic E-state index is 0.201. The summed E-state index contributed by atoms with van der Waals surface area (Å²) in [7, 11) is 0. The normalized spacial score (nSPS) is 26.3. The fourth-order valence-electron chi connectivity index (χ4n) is 2.65. The number of aliphatic hydroxyl groups is 1. The maximum atomic E-state index is 11.6. The van der Waals surface area contributed by atoms with Crippen LogP contribution in [0, 0.1) is 17.0 Å². The van der Waals surface area contributed by atoms with E-state index in [4.69, 9.17) is 27.9 Å². The van der Waals surface area contributed by atoms with E-state index in [0.717, 1.165) is 5.56 Å². The van der Waals surface area contributed by atoms with Crippen molar-refractivity contribution in [2.24, 2.45) is 0 Å². The number of fused-ring (bicyclic) bond motifs is 1. The molecular formula is C16H13Cl2NO4. The first kappa shape index (κ1) is 16.1. The first-order chi connectivity index (χ1) is 10.8. The minimum atomic E-state index is -2.24. The quantitative estimate of drug-likeness (QED) is 0.383. The van der Waals surface area contributed by atoms with Gasteiger partial charge < -0.3 is 9.84 Å². The summed E-state index contributed by atoms with van der Waals surface area (Å²) in [4.78, 5) is 8.67. The van der Waals surface area contributed by atoms with Gasteiger partial charge in [0.2, 0.25) is 6.10 Å². The molecule has 1 aliphatic heterocycles. The van der Waals surface area contributed by atoms with E-state index in [-0.39, 0.29) is 5.56 Å². The number of rotatable bonds is 2. The molecule has 0 aromatic heterocycles. The molecule has 5 nitrogen and oxygen atoms in total. The summed E-state index contributed by atoms with van der Waals surface area (Å²) in [6.07, 6.45) is -2.70. The van der Waals surface area contributed by atoms with Crippen LogP contribution in [0.4, 0.5) is 0 Å². The summed E-state index contributed by atoms with van der Waals surface area (Å²) < 4.78 is 5.77. The Morgan fingerprint density at radius 2 is 1.91 bits per heavy atom. The summed E-state index contributed by atoms with van der Waals surface area (Å²) >= 11 is 12.2. The summed E-state index contributed by atoms with van der Waals surface area (Å²) in [5, 5.41) is 22.5. The Kier molecular flexibility index (Phi) is 3.96. The molecule has 1 heterocycles. The minimum Gasteiger partial charge on any atom is -0.476 e. The van der Waals surface area contributed by atoms with Crippen LogP contribution in [0.25, 0.3) is 0 Å². The van der Waals surface area contributed by atoms with Crippen molar-refractivity contribution >= 4 is 23.2 Å². The summed E-state index contributed by atoms with van der Waals surface area (Å²) in [6.45, 7) is 1.90. The van der Waals surface area contributed by atoms with Gasteiger partial charge in [-0.2, -0.15) is 0 Å². The highest BCUT2D eigenvalue weighted by atomic mass is 35.5. The number of benzene rings is 2. The molecule has 0 amide bonds. The number of nitrogens with zero attached hydrogens (tertiary/aromatic N) is 1. The molecule has 0 fully saturated rings. The van der Waals surface area contributed by atoms with Crippen molar-refractivity contribution in [1.82, 2.24) is 0 Å². The van der Waals surface area contributed by atoms with Crippen molar-refractivity contribution in [3.05, 3.63) is 74.3 Å². The molecule has 3 atom stereocenters. The molecule has 120 valence electrons. The lowest BCUT2D eigenvalue weighted by atomic mass is 9.89. The Labute approximate surface area is 142 Å². The molecule has 23 heavy (non-hydrogen) atoms. The topological polar surface area (TPSA) is 72.6 Å². The van der Waals surface area contributed by atoms with Gasteiger partial charge in [0.05, 0.1) is 4.92 Å². The Bertz CT molecular complexity index is 765. The Hall–Kier alpha value is -1.82. The largest absolute Gasteiger partial charge is 0.476 e. The molecule has 0 aliphatic carbocycles. The van der Waals surface area contributed by atoms with Gasteiger partial charge in [-0.25, -0.2) is 0 Å². The summed E-state index contributed by atoms with van der Waals surface area (Å²) in [5.41, 5.74) is 1.72. The van der Waals surface area contributed by atoms with Crippen LogP contribution >= 0.6 is 23.2 Å². The highest BCUT2D eigenvalue weighted by molar-refractivity contribution is 6.30. The van der Waals surface area contributed by atoms with E-state index in [1.807, 2.05) is 6.92 Å². The molecule has 0 spiro atoms. The molecule has 2 aromatic carbocycles.